The highest BCUT2D eigenvalue weighted by molar-refractivity contribution is 7.07. The lowest BCUT2D eigenvalue weighted by molar-refractivity contribution is 0.0615. The van der Waals surface area contributed by atoms with Crippen molar-refractivity contribution < 1.29 is 9.53 Å². The van der Waals surface area contributed by atoms with E-state index in [4.69, 9.17) is 4.74 Å². The van der Waals surface area contributed by atoms with Crippen molar-refractivity contribution in [2.24, 2.45) is 0 Å². The number of carbonyl (C=O) groups is 1. The zero-order valence-electron chi connectivity index (χ0n) is 12.8. The van der Waals surface area contributed by atoms with Crippen molar-refractivity contribution in [1.82, 2.24) is 14.5 Å². The molecule has 5 nitrogen and oxygen atoms in total. The topological polar surface area (TPSA) is 55.3 Å². The molecule has 1 unspecified atom stereocenters. The second kappa shape index (κ2) is 6.44. The molecule has 1 aromatic carbocycles. The minimum atomic E-state index is 0.0417. The van der Waals surface area contributed by atoms with Gasteiger partial charge in [-0.05, 0) is 55.4 Å². The molecular weight excluding hydrogens is 298 g/mol. The number of benzene rings is 1. The zero-order chi connectivity index (χ0) is 15.5. The van der Waals surface area contributed by atoms with Gasteiger partial charge in [-0.15, -0.1) is 5.10 Å². The highest BCUT2D eigenvalue weighted by Gasteiger charge is 2.30. The maximum Gasteiger partial charge on any atom is 0.268 e. The fourth-order valence-electron chi connectivity index (χ4n) is 2.93. The highest BCUT2D eigenvalue weighted by Crippen LogP contribution is 2.34. The van der Waals surface area contributed by atoms with E-state index in [0.717, 1.165) is 37.1 Å². The summed E-state index contributed by atoms with van der Waals surface area (Å²) in [6.45, 7) is 2.61. The van der Waals surface area contributed by atoms with E-state index in [1.165, 1.54) is 11.5 Å². The van der Waals surface area contributed by atoms with Crippen molar-refractivity contribution >= 4 is 17.4 Å². The molecule has 0 saturated carbocycles. The molecule has 0 radical (unpaired) electrons. The summed E-state index contributed by atoms with van der Waals surface area (Å²) < 4.78 is 9.20. The van der Waals surface area contributed by atoms with Crippen LogP contribution in [0.15, 0.2) is 24.3 Å². The van der Waals surface area contributed by atoms with Gasteiger partial charge < -0.3 is 9.64 Å². The molecule has 1 fully saturated rings. The number of ether oxygens (including phenoxy) is 1. The Hall–Kier alpha value is -1.95. The summed E-state index contributed by atoms with van der Waals surface area (Å²) >= 11 is 1.18. The van der Waals surface area contributed by atoms with Crippen LogP contribution in [0.2, 0.25) is 0 Å². The molecule has 116 valence electrons. The SMILES string of the molecule is COc1cccc(C2CCCCN2C(=O)c2snnc2C)c1. The van der Waals surface area contributed by atoms with E-state index in [0.29, 0.717) is 10.6 Å². The van der Waals surface area contributed by atoms with Crippen molar-refractivity contribution in [3.8, 4) is 5.75 Å². The van der Waals surface area contributed by atoms with Crippen LogP contribution in [0.25, 0.3) is 0 Å². The first kappa shape index (κ1) is 15.0. The molecule has 2 heterocycles. The van der Waals surface area contributed by atoms with Crippen LogP contribution >= 0.6 is 11.5 Å². The largest absolute Gasteiger partial charge is 0.497 e. The number of nitrogens with zero attached hydrogens (tertiary/aromatic N) is 3. The molecule has 2 aromatic rings. The van der Waals surface area contributed by atoms with Gasteiger partial charge in [-0.25, -0.2) is 0 Å². The molecule has 0 bridgehead atoms. The van der Waals surface area contributed by atoms with Crippen LogP contribution in [-0.4, -0.2) is 34.0 Å². The smallest absolute Gasteiger partial charge is 0.268 e. The van der Waals surface area contributed by atoms with Crippen LogP contribution in [0.3, 0.4) is 0 Å². The quantitative estimate of drug-likeness (QED) is 0.872. The number of hydrogen-bond donors (Lipinski definition) is 0. The van der Waals surface area contributed by atoms with Crippen molar-refractivity contribution in [1.29, 1.82) is 0 Å². The molecule has 22 heavy (non-hydrogen) atoms. The Labute approximate surface area is 134 Å². The van der Waals surface area contributed by atoms with Gasteiger partial charge in [0.05, 0.1) is 18.8 Å². The summed E-state index contributed by atoms with van der Waals surface area (Å²) in [5.41, 5.74) is 1.84. The third kappa shape index (κ3) is 2.83. The number of carbonyl (C=O) groups excluding carboxylic acids is 1. The predicted octanol–water partition coefficient (Wildman–Crippen LogP) is 3.22. The number of methoxy groups -OCH3 is 1. The number of rotatable bonds is 3. The molecule has 1 aliphatic heterocycles. The fraction of sp³-hybridized carbons (Fsp3) is 0.438. The van der Waals surface area contributed by atoms with Gasteiger partial charge in [0.1, 0.15) is 10.6 Å². The fourth-order valence-corrected chi connectivity index (χ4v) is 3.54. The Morgan fingerprint density at radius 3 is 3.00 bits per heavy atom. The van der Waals surface area contributed by atoms with Crippen LogP contribution in [0.5, 0.6) is 5.75 Å². The summed E-state index contributed by atoms with van der Waals surface area (Å²) in [6, 6.07) is 8.09. The predicted molar refractivity (Wildman–Crippen MR) is 85.3 cm³/mol. The van der Waals surface area contributed by atoms with Gasteiger partial charge in [0.2, 0.25) is 0 Å². The Bertz CT molecular complexity index is 671. The monoisotopic (exact) mass is 317 g/mol. The van der Waals surface area contributed by atoms with E-state index >= 15 is 0 Å². The maximum absolute atomic E-state index is 12.8. The van der Waals surface area contributed by atoms with Crippen LogP contribution in [-0.2, 0) is 0 Å². The van der Waals surface area contributed by atoms with Crippen LogP contribution < -0.4 is 4.74 Å². The third-order valence-corrected chi connectivity index (χ3v) is 4.90. The average molecular weight is 317 g/mol. The van der Waals surface area contributed by atoms with Crippen LogP contribution in [0, 0.1) is 6.92 Å². The molecule has 0 N–H and O–H groups in total. The van der Waals surface area contributed by atoms with Gasteiger partial charge in [0.15, 0.2) is 0 Å². The Morgan fingerprint density at radius 2 is 2.27 bits per heavy atom. The molecule has 1 saturated heterocycles. The van der Waals surface area contributed by atoms with E-state index in [1.54, 1.807) is 7.11 Å². The number of hydrogen-bond acceptors (Lipinski definition) is 5. The molecule has 1 amide bonds. The van der Waals surface area contributed by atoms with E-state index in [2.05, 4.69) is 15.7 Å². The summed E-state index contributed by atoms with van der Waals surface area (Å²) in [4.78, 5) is 15.5. The van der Waals surface area contributed by atoms with Gasteiger partial charge in [-0.2, -0.15) is 0 Å². The van der Waals surface area contributed by atoms with Gasteiger partial charge in [0.25, 0.3) is 5.91 Å². The molecule has 1 atom stereocenters. The first-order valence-electron chi connectivity index (χ1n) is 7.44. The van der Waals surface area contributed by atoms with Crippen molar-refractivity contribution in [3.05, 3.63) is 40.4 Å². The molecule has 0 aliphatic carbocycles. The van der Waals surface area contributed by atoms with E-state index in [9.17, 15) is 4.79 Å². The van der Waals surface area contributed by atoms with E-state index in [1.807, 2.05) is 30.0 Å². The number of aromatic nitrogens is 2. The van der Waals surface area contributed by atoms with E-state index in [-0.39, 0.29) is 11.9 Å². The van der Waals surface area contributed by atoms with Gasteiger partial charge in [0, 0.05) is 6.54 Å². The zero-order valence-corrected chi connectivity index (χ0v) is 13.6. The summed E-state index contributed by atoms with van der Waals surface area (Å²) in [5.74, 6) is 0.867. The molecule has 0 spiro atoms. The standard InChI is InChI=1S/C16H19N3O2S/c1-11-15(22-18-17-11)16(20)19-9-4-3-8-14(19)12-6-5-7-13(10-12)21-2/h5-7,10,14H,3-4,8-9H2,1-2H3. The maximum atomic E-state index is 12.8. The normalized spacial score (nSPS) is 18.3. The molecule has 3 rings (SSSR count). The highest BCUT2D eigenvalue weighted by atomic mass is 32.1. The Morgan fingerprint density at radius 1 is 1.41 bits per heavy atom. The molecular formula is C16H19N3O2S. The lowest BCUT2D eigenvalue weighted by Gasteiger charge is -2.36. The minimum Gasteiger partial charge on any atom is -0.497 e. The van der Waals surface area contributed by atoms with E-state index < -0.39 is 0 Å². The van der Waals surface area contributed by atoms with Crippen molar-refractivity contribution in [2.75, 3.05) is 13.7 Å². The molecule has 1 aromatic heterocycles. The van der Waals surface area contributed by atoms with Crippen LogP contribution in [0.1, 0.15) is 46.2 Å². The second-order valence-electron chi connectivity index (χ2n) is 5.47. The summed E-state index contributed by atoms with van der Waals surface area (Å²) in [7, 11) is 1.66. The number of aryl methyl sites for hydroxylation is 1. The molecule has 1 aliphatic rings. The number of piperidine rings is 1. The lowest BCUT2D eigenvalue weighted by Crippen LogP contribution is -2.38. The van der Waals surface area contributed by atoms with Crippen molar-refractivity contribution in [2.45, 2.75) is 32.2 Å². The van der Waals surface area contributed by atoms with Gasteiger partial charge in [-0.1, -0.05) is 16.6 Å². The van der Waals surface area contributed by atoms with Crippen molar-refractivity contribution in [3.63, 3.8) is 0 Å². The lowest BCUT2D eigenvalue weighted by atomic mass is 9.94. The Balaban J connectivity index is 1.91. The first-order valence-corrected chi connectivity index (χ1v) is 8.22. The average Bonchev–Trinajstić information content (AvgIpc) is 3.00. The van der Waals surface area contributed by atoms with Crippen LogP contribution in [0.4, 0.5) is 0 Å². The number of amides is 1. The minimum absolute atomic E-state index is 0.0417. The summed E-state index contributed by atoms with van der Waals surface area (Å²) in [5, 5.41) is 3.96. The van der Waals surface area contributed by atoms with Gasteiger partial charge >= 0.3 is 0 Å². The third-order valence-electron chi connectivity index (χ3n) is 4.09. The Kier molecular flexibility index (Phi) is 4.38. The molecule has 6 heteroatoms. The first-order chi connectivity index (χ1) is 10.7. The van der Waals surface area contributed by atoms with Gasteiger partial charge in [-0.3, -0.25) is 4.79 Å². The number of likely N-dealkylation sites (tertiary alicyclic amines) is 1. The summed E-state index contributed by atoms with van der Waals surface area (Å²) in [6.07, 6.45) is 3.15. The second-order valence-corrected chi connectivity index (χ2v) is 6.23.